The zero-order valence-corrected chi connectivity index (χ0v) is 13.7. The minimum absolute atomic E-state index is 0.229. The molecule has 6 heteroatoms. The largest absolute Gasteiger partial charge is 0.465 e. The maximum atomic E-state index is 12.5. The summed E-state index contributed by atoms with van der Waals surface area (Å²) in [5.74, 6) is -1.21. The van der Waals surface area contributed by atoms with Gasteiger partial charge in [0.1, 0.15) is 12.3 Å². The molecule has 6 nitrogen and oxygen atoms in total. The van der Waals surface area contributed by atoms with Crippen molar-refractivity contribution in [1.29, 1.82) is 0 Å². The van der Waals surface area contributed by atoms with Crippen LogP contribution in [0.1, 0.15) is 11.7 Å². The lowest BCUT2D eigenvalue weighted by molar-refractivity contribution is -0.141. The fourth-order valence-electron chi connectivity index (χ4n) is 2.00. The Labute approximate surface area is 145 Å². The SMILES string of the molecule is C=CC(OC(=O)C1=C[CH+]C=C/C1=N\N=CC(=O)OC)c1ccccc1. The third-order valence-corrected chi connectivity index (χ3v) is 3.23. The molecule has 0 saturated carbocycles. The van der Waals surface area contributed by atoms with Crippen LogP contribution in [0.5, 0.6) is 0 Å². The molecule has 0 fully saturated rings. The van der Waals surface area contributed by atoms with Crippen LogP contribution in [0.4, 0.5) is 0 Å². The van der Waals surface area contributed by atoms with E-state index in [0.29, 0.717) is 0 Å². The fourth-order valence-corrected chi connectivity index (χ4v) is 2.00. The Morgan fingerprint density at radius 2 is 2.04 bits per heavy atom. The fraction of sp³-hybridized carbons (Fsp3) is 0.105. The first kappa shape index (κ1) is 17.9. The number of hydrogen-bond donors (Lipinski definition) is 0. The van der Waals surface area contributed by atoms with Crippen molar-refractivity contribution in [3.05, 3.63) is 78.8 Å². The summed E-state index contributed by atoms with van der Waals surface area (Å²) in [5.41, 5.74) is 1.32. The number of benzene rings is 1. The predicted octanol–water partition coefficient (Wildman–Crippen LogP) is 2.76. The van der Waals surface area contributed by atoms with E-state index in [1.54, 1.807) is 30.7 Å². The van der Waals surface area contributed by atoms with Crippen LogP contribution in [-0.4, -0.2) is 31.0 Å². The molecular weight excluding hydrogens is 320 g/mol. The third-order valence-electron chi connectivity index (χ3n) is 3.23. The molecule has 1 unspecified atom stereocenters. The minimum Gasteiger partial charge on any atom is -0.465 e. The van der Waals surface area contributed by atoms with Gasteiger partial charge in [-0.3, -0.25) is 0 Å². The van der Waals surface area contributed by atoms with E-state index in [0.717, 1.165) is 11.8 Å². The number of hydrogen-bond acceptors (Lipinski definition) is 6. The van der Waals surface area contributed by atoms with Gasteiger partial charge in [-0.15, -0.1) is 10.2 Å². The number of ether oxygens (including phenoxy) is 2. The van der Waals surface area contributed by atoms with E-state index in [1.165, 1.54) is 7.11 Å². The molecule has 2 rings (SSSR count). The molecule has 0 radical (unpaired) electrons. The van der Waals surface area contributed by atoms with Crippen LogP contribution in [-0.2, 0) is 19.1 Å². The van der Waals surface area contributed by atoms with Crippen LogP contribution in [0.3, 0.4) is 0 Å². The molecule has 0 aromatic heterocycles. The number of carbonyl (C=O) groups excluding carboxylic acids is 2. The molecule has 0 saturated heterocycles. The van der Waals surface area contributed by atoms with Crippen LogP contribution >= 0.6 is 0 Å². The quantitative estimate of drug-likeness (QED) is 0.263. The van der Waals surface area contributed by atoms with E-state index in [-0.39, 0.29) is 11.3 Å². The summed E-state index contributed by atoms with van der Waals surface area (Å²) >= 11 is 0. The average molecular weight is 337 g/mol. The molecule has 0 N–H and O–H groups in total. The summed E-state index contributed by atoms with van der Waals surface area (Å²) in [4.78, 5) is 23.5. The van der Waals surface area contributed by atoms with E-state index in [4.69, 9.17) is 4.74 Å². The Kier molecular flexibility index (Phi) is 6.47. The molecule has 0 bridgehead atoms. The molecule has 1 aliphatic carbocycles. The summed E-state index contributed by atoms with van der Waals surface area (Å²) in [6.45, 7) is 3.71. The molecule has 0 aliphatic heterocycles. The maximum absolute atomic E-state index is 12.5. The predicted molar refractivity (Wildman–Crippen MR) is 94.9 cm³/mol. The molecule has 0 amide bonds. The highest BCUT2D eigenvalue weighted by Gasteiger charge is 2.28. The highest BCUT2D eigenvalue weighted by molar-refractivity contribution is 6.26. The monoisotopic (exact) mass is 337 g/mol. The molecule has 0 spiro atoms. The standard InChI is InChI=1S/C19H17N2O4/c1-3-17(14-9-5-4-6-10-14)25-19(23)15-11-7-8-12-16(15)21-20-13-18(22)24-2/h3-13,17H,1H2,2H3/q+1/b20-13?,21-16+. The Bertz CT molecular complexity index is 761. The van der Waals surface area contributed by atoms with Crippen molar-refractivity contribution >= 4 is 23.9 Å². The van der Waals surface area contributed by atoms with Crippen molar-refractivity contribution in [2.45, 2.75) is 6.10 Å². The average Bonchev–Trinajstić information content (AvgIpc) is 2.66. The third kappa shape index (κ3) is 5.04. The first-order valence-corrected chi connectivity index (χ1v) is 7.45. The maximum Gasteiger partial charge on any atom is 0.399 e. The lowest BCUT2D eigenvalue weighted by Crippen LogP contribution is -2.18. The van der Waals surface area contributed by atoms with E-state index in [2.05, 4.69) is 21.5 Å². The molecule has 25 heavy (non-hydrogen) atoms. The summed E-state index contributed by atoms with van der Waals surface area (Å²) in [6.07, 6.45) is 8.43. The lowest BCUT2D eigenvalue weighted by atomic mass is 10.0. The van der Waals surface area contributed by atoms with E-state index in [9.17, 15) is 9.59 Å². The molecule has 126 valence electrons. The normalized spacial score (nSPS) is 16.0. The van der Waals surface area contributed by atoms with Crippen molar-refractivity contribution < 1.29 is 19.1 Å². The van der Waals surface area contributed by atoms with Crippen LogP contribution in [0.15, 0.2) is 77.0 Å². The van der Waals surface area contributed by atoms with Crippen molar-refractivity contribution in [2.75, 3.05) is 7.11 Å². The smallest absolute Gasteiger partial charge is 0.399 e. The van der Waals surface area contributed by atoms with Gasteiger partial charge in [-0.2, -0.15) is 0 Å². The van der Waals surface area contributed by atoms with Gasteiger partial charge in [-0.25, -0.2) is 9.59 Å². The number of carbonyl (C=O) groups is 2. The molecule has 1 aliphatic rings. The number of methoxy groups -OCH3 is 1. The minimum atomic E-state index is -0.639. The van der Waals surface area contributed by atoms with Crippen molar-refractivity contribution in [3.8, 4) is 0 Å². The highest BCUT2D eigenvalue weighted by atomic mass is 16.5. The van der Waals surface area contributed by atoms with Crippen LogP contribution < -0.4 is 0 Å². The number of allylic oxidation sites excluding steroid dienone is 3. The van der Waals surface area contributed by atoms with Crippen LogP contribution in [0.25, 0.3) is 0 Å². The Hall–Kier alpha value is -3.41. The van der Waals surface area contributed by atoms with Gasteiger partial charge in [-0.1, -0.05) is 36.9 Å². The number of esters is 2. The Balaban J connectivity index is 2.14. The molecule has 1 aromatic carbocycles. The lowest BCUT2D eigenvalue weighted by Gasteiger charge is -2.14. The zero-order chi connectivity index (χ0) is 18.1. The van der Waals surface area contributed by atoms with Crippen LogP contribution in [0.2, 0.25) is 0 Å². The van der Waals surface area contributed by atoms with Gasteiger partial charge < -0.3 is 9.47 Å². The summed E-state index contributed by atoms with van der Waals surface area (Å²) in [7, 11) is 1.23. The van der Waals surface area contributed by atoms with Crippen LogP contribution in [0, 0.1) is 6.42 Å². The van der Waals surface area contributed by atoms with E-state index in [1.807, 2.05) is 30.3 Å². The second-order valence-corrected chi connectivity index (χ2v) is 4.86. The van der Waals surface area contributed by atoms with Crippen molar-refractivity contribution in [3.63, 3.8) is 0 Å². The Morgan fingerprint density at radius 3 is 2.72 bits per heavy atom. The van der Waals surface area contributed by atoms with Crippen molar-refractivity contribution in [1.82, 2.24) is 0 Å². The highest BCUT2D eigenvalue weighted by Crippen LogP contribution is 2.21. The van der Waals surface area contributed by atoms with Gasteiger partial charge in [-0.05, 0) is 11.6 Å². The topological polar surface area (TPSA) is 77.3 Å². The second-order valence-electron chi connectivity index (χ2n) is 4.86. The molecular formula is C19H17N2O4+. The molecule has 0 heterocycles. The summed E-state index contributed by atoms with van der Waals surface area (Å²) < 4.78 is 9.93. The number of rotatable bonds is 6. The molecule has 1 aromatic rings. The Morgan fingerprint density at radius 1 is 1.28 bits per heavy atom. The molecule has 1 atom stereocenters. The van der Waals surface area contributed by atoms with Crippen molar-refractivity contribution in [2.24, 2.45) is 10.2 Å². The summed E-state index contributed by atoms with van der Waals surface area (Å²) in [6, 6.07) is 9.26. The van der Waals surface area contributed by atoms with Gasteiger partial charge in [0.2, 0.25) is 5.71 Å². The van der Waals surface area contributed by atoms with Gasteiger partial charge >= 0.3 is 11.9 Å². The van der Waals surface area contributed by atoms with E-state index < -0.39 is 18.0 Å². The zero-order valence-electron chi connectivity index (χ0n) is 13.7. The number of nitrogens with zero attached hydrogens (tertiary/aromatic N) is 2. The van der Waals surface area contributed by atoms with Gasteiger partial charge in [0, 0.05) is 6.42 Å². The van der Waals surface area contributed by atoms with Gasteiger partial charge in [0.15, 0.2) is 5.57 Å². The summed E-state index contributed by atoms with van der Waals surface area (Å²) in [5, 5.41) is 7.47. The first-order valence-electron chi connectivity index (χ1n) is 7.45. The van der Waals surface area contributed by atoms with Gasteiger partial charge in [0.25, 0.3) is 0 Å². The van der Waals surface area contributed by atoms with E-state index >= 15 is 0 Å². The second kappa shape index (κ2) is 9.02. The van der Waals surface area contributed by atoms with Gasteiger partial charge in [0.05, 0.1) is 25.3 Å². The first-order chi connectivity index (χ1) is 12.2.